The summed E-state index contributed by atoms with van der Waals surface area (Å²) in [6.07, 6.45) is 3.74. The van der Waals surface area contributed by atoms with Gasteiger partial charge in [-0.15, -0.1) is 0 Å². The van der Waals surface area contributed by atoms with Crippen molar-refractivity contribution in [1.29, 1.82) is 0 Å². The van der Waals surface area contributed by atoms with Crippen molar-refractivity contribution in [2.45, 2.75) is 40.0 Å². The summed E-state index contributed by atoms with van der Waals surface area (Å²) in [5.74, 6) is 0.127. The molecule has 0 N–H and O–H groups in total. The van der Waals surface area contributed by atoms with E-state index in [2.05, 4.69) is 5.10 Å². The second-order valence-corrected chi connectivity index (χ2v) is 4.33. The molecule has 0 radical (unpaired) electrons. The first-order valence-corrected chi connectivity index (χ1v) is 6.31. The highest BCUT2D eigenvalue weighted by Gasteiger charge is 2.17. The summed E-state index contributed by atoms with van der Waals surface area (Å²) in [5, 5.41) is 4.94. The van der Waals surface area contributed by atoms with Crippen LogP contribution in [-0.4, -0.2) is 15.6 Å². The fourth-order valence-electron chi connectivity index (χ4n) is 1.84. The maximum absolute atomic E-state index is 12.0. The van der Waals surface area contributed by atoms with Gasteiger partial charge in [0.15, 0.2) is 5.78 Å². The molecule has 94 valence electrons. The van der Waals surface area contributed by atoms with Gasteiger partial charge in [0.2, 0.25) is 0 Å². The molecule has 0 saturated heterocycles. The molecule has 17 heavy (non-hydrogen) atoms. The second-order valence-electron chi connectivity index (χ2n) is 3.95. The van der Waals surface area contributed by atoms with E-state index in [1.54, 1.807) is 4.68 Å². The molecular formula is C13H19ClN2O. The standard InChI is InChI=1S/C13H19ClN2O/c1-5-9(6-2)12(17)8-11-13(14)10(7-3)15-16(11)4/h5H,6-8H2,1-4H3. The van der Waals surface area contributed by atoms with Crippen LogP contribution in [-0.2, 0) is 24.7 Å². The Morgan fingerprint density at radius 2 is 2.12 bits per heavy atom. The van der Waals surface area contributed by atoms with Gasteiger partial charge in [-0.3, -0.25) is 9.48 Å². The summed E-state index contributed by atoms with van der Waals surface area (Å²) in [4.78, 5) is 12.0. The van der Waals surface area contributed by atoms with E-state index < -0.39 is 0 Å². The van der Waals surface area contributed by atoms with Gasteiger partial charge in [-0.05, 0) is 25.3 Å². The number of allylic oxidation sites excluding steroid dienone is 2. The molecule has 1 rings (SSSR count). The van der Waals surface area contributed by atoms with Gasteiger partial charge in [0.1, 0.15) is 0 Å². The van der Waals surface area contributed by atoms with Crippen LogP contribution in [0, 0.1) is 0 Å². The van der Waals surface area contributed by atoms with E-state index >= 15 is 0 Å². The average Bonchev–Trinajstić information content (AvgIpc) is 2.58. The molecule has 0 aliphatic carbocycles. The summed E-state index contributed by atoms with van der Waals surface area (Å²) in [6, 6.07) is 0. The van der Waals surface area contributed by atoms with Gasteiger partial charge in [0.05, 0.1) is 22.8 Å². The zero-order valence-electron chi connectivity index (χ0n) is 10.9. The lowest BCUT2D eigenvalue weighted by atomic mass is 10.0. The molecule has 0 aromatic carbocycles. The van der Waals surface area contributed by atoms with Crippen LogP contribution >= 0.6 is 11.6 Å². The van der Waals surface area contributed by atoms with Crippen molar-refractivity contribution in [3.05, 3.63) is 28.1 Å². The van der Waals surface area contributed by atoms with Crippen molar-refractivity contribution in [1.82, 2.24) is 9.78 Å². The van der Waals surface area contributed by atoms with Gasteiger partial charge in [0.25, 0.3) is 0 Å². The molecule has 0 fully saturated rings. The van der Waals surface area contributed by atoms with E-state index in [1.807, 2.05) is 33.9 Å². The van der Waals surface area contributed by atoms with Crippen LogP contribution in [0.3, 0.4) is 0 Å². The van der Waals surface area contributed by atoms with Gasteiger partial charge in [0, 0.05) is 7.05 Å². The molecule has 0 spiro atoms. The summed E-state index contributed by atoms with van der Waals surface area (Å²) in [6.45, 7) is 5.87. The highest BCUT2D eigenvalue weighted by Crippen LogP contribution is 2.22. The number of hydrogen-bond donors (Lipinski definition) is 0. The number of Topliss-reactive ketones (excluding diaryl/α,β-unsaturated/α-hetero) is 1. The van der Waals surface area contributed by atoms with Crippen LogP contribution < -0.4 is 0 Å². The number of ketones is 1. The lowest BCUT2D eigenvalue weighted by Gasteiger charge is -2.04. The molecular weight excluding hydrogens is 236 g/mol. The molecule has 0 bridgehead atoms. The molecule has 0 aliphatic rings. The third-order valence-electron chi connectivity index (χ3n) is 2.92. The number of hydrogen-bond acceptors (Lipinski definition) is 2. The topological polar surface area (TPSA) is 34.9 Å². The number of rotatable bonds is 5. The Morgan fingerprint density at radius 3 is 2.53 bits per heavy atom. The third kappa shape index (κ3) is 2.97. The largest absolute Gasteiger partial charge is 0.294 e. The molecule has 3 nitrogen and oxygen atoms in total. The number of aromatic nitrogens is 2. The highest BCUT2D eigenvalue weighted by molar-refractivity contribution is 6.32. The van der Waals surface area contributed by atoms with Gasteiger partial charge in [-0.25, -0.2) is 0 Å². The van der Waals surface area contributed by atoms with E-state index in [0.717, 1.165) is 29.8 Å². The van der Waals surface area contributed by atoms with Crippen molar-refractivity contribution < 1.29 is 4.79 Å². The zero-order chi connectivity index (χ0) is 13.0. The van der Waals surface area contributed by atoms with Gasteiger partial charge in [-0.2, -0.15) is 5.10 Å². The summed E-state index contributed by atoms with van der Waals surface area (Å²) in [5.41, 5.74) is 2.51. The Kier molecular flexibility index (Phi) is 4.94. The highest BCUT2D eigenvalue weighted by atomic mass is 35.5. The van der Waals surface area contributed by atoms with Crippen LogP contribution in [0.5, 0.6) is 0 Å². The first-order chi connectivity index (χ1) is 8.04. The van der Waals surface area contributed by atoms with E-state index in [-0.39, 0.29) is 5.78 Å². The fraction of sp³-hybridized carbons (Fsp3) is 0.538. The van der Waals surface area contributed by atoms with E-state index in [1.165, 1.54) is 0 Å². The molecule has 4 heteroatoms. The summed E-state index contributed by atoms with van der Waals surface area (Å²) in [7, 11) is 1.83. The minimum Gasteiger partial charge on any atom is -0.294 e. The fourth-order valence-corrected chi connectivity index (χ4v) is 2.20. The van der Waals surface area contributed by atoms with Crippen LogP contribution in [0.1, 0.15) is 38.6 Å². The number of carbonyl (C=O) groups excluding carboxylic acids is 1. The Hall–Kier alpha value is -1.09. The average molecular weight is 255 g/mol. The number of aryl methyl sites for hydroxylation is 2. The Bertz CT molecular complexity index is 447. The maximum atomic E-state index is 12.0. The molecule has 0 unspecified atom stereocenters. The second kappa shape index (κ2) is 6.01. The predicted molar refractivity (Wildman–Crippen MR) is 70.4 cm³/mol. The van der Waals surface area contributed by atoms with Crippen molar-refractivity contribution in [3.63, 3.8) is 0 Å². The van der Waals surface area contributed by atoms with Crippen LogP contribution in [0.4, 0.5) is 0 Å². The minimum absolute atomic E-state index is 0.127. The van der Waals surface area contributed by atoms with Gasteiger partial charge in [-0.1, -0.05) is 31.5 Å². The Balaban J connectivity index is 2.96. The summed E-state index contributed by atoms with van der Waals surface area (Å²) >= 11 is 6.21. The monoisotopic (exact) mass is 254 g/mol. The normalized spacial score (nSPS) is 11.9. The predicted octanol–water partition coefficient (Wildman–Crippen LogP) is 3.10. The molecule has 0 aliphatic heterocycles. The van der Waals surface area contributed by atoms with E-state index in [9.17, 15) is 4.79 Å². The van der Waals surface area contributed by atoms with E-state index in [4.69, 9.17) is 11.6 Å². The van der Waals surface area contributed by atoms with E-state index in [0.29, 0.717) is 11.4 Å². The summed E-state index contributed by atoms with van der Waals surface area (Å²) < 4.78 is 1.71. The first-order valence-electron chi connectivity index (χ1n) is 5.93. The first kappa shape index (κ1) is 14.0. The van der Waals surface area contributed by atoms with Gasteiger partial charge < -0.3 is 0 Å². The van der Waals surface area contributed by atoms with Crippen molar-refractivity contribution in [2.24, 2.45) is 7.05 Å². The van der Waals surface area contributed by atoms with Crippen molar-refractivity contribution >= 4 is 17.4 Å². The number of nitrogens with zero attached hydrogens (tertiary/aromatic N) is 2. The molecule has 0 saturated carbocycles. The molecule has 1 aromatic rings. The lowest BCUT2D eigenvalue weighted by Crippen LogP contribution is -2.10. The van der Waals surface area contributed by atoms with Crippen molar-refractivity contribution in [3.8, 4) is 0 Å². The number of carbonyl (C=O) groups is 1. The minimum atomic E-state index is 0.127. The smallest absolute Gasteiger partial charge is 0.164 e. The molecule has 0 amide bonds. The Morgan fingerprint density at radius 1 is 1.47 bits per heavy atom. The zero-order valence-corrected chi connectivity index (χ0v) is 11.6. The number of halogens is 1. The Labute approximate surface area is 107 Å². The maximum Gasteiger partial charge on any atom is 0.164 e. The lowest BCUT2D eigenvalue weighted by molar-refractivity contribution is -0.115. The SMILES string of the molecule is CC=C(CC)C(=O)Cc1c(Cl)c(CC)nn1C. The third-order valence-corrected chi connectivity index (χ3v) is 3.35. The van der Waals surface area contributed by atoms with Crippen LogP contribution in [0.2, 0.25) is 5.02 Å². The van der Waals surface area contributed by atoms with Crippen LogP contribution in [0.25, 0.3) is 0 Å². The van der Waals surface area contributed by atoms with Crippen molar-refractivity contribution in [2.75, 3.05) is 0 Å². The van der Waals surface area contributed by atoms with Crippen LogP contribution in [0.15, 0.2) is 11.6 Å². The van der Waals surface area contributed by atoms with Gasteiger partial charge >= 0.3 is 0 Å². The quantitative estimate of drug-likeness (QED) is 0.757. The molecule has 1 heterocycles. The molecule has 0 atom stereocenters. The molecule has 1 aromatic heterocycles.